The lowest BCUT2D eigenvalue weighted by atomic mass is 9.89. The van der Waals surface area contributed by atoms with Gasteiger partial charge in [-0.1, -0.05) is 48.5 Å². The summed E-state index contributed by atoms with van der Waals surface area (Å²) >= 11 is 0. The topological polar surface area (TPSA) is 45.3 Å². The predicted octanol–water partition coefficient (Wildman–Crippen LogP) is 3.89. The Labute approximate surface area is 159 Å². The van der Waals surface area contributed by atoms with Crippen LogP contribution in [0.3, 0.4) is 0 Å². The SMILES string of the molecule is O=C(Cc1c[nH]c2ccccc12)N1CCC2(CC(c3ccccc3)CO2)C1. The molecule has 27 heavy (non-hydrogen) atoms. The Balaban J connectivity index is 1.26. The molecule has 4 nitrogen and oxygen atoms in total. The molecule has 0 aliphatic carbocycles. The molecule has 1 aromatic heterocycles. The maximum absolute atomic E-state index is 12.9. The van der Waals surface area contributed by atoms with E-state index < -0.39 is 0 Å². The monoisotopic (exact) mass is 360 g/mol. The third kappa shape index (κ3) is 3.04. The minimum atomic E-state index is -0.156. The summed E-state index contributed by atoms with van der Waals surface area (Å²) in [6.07, 6.45) is 4.36. The first-order valence-corrected chi connectivity index (χ1v) is 9.74. The van der Waals surface area contributed by atoms with E-state index in [2.05, 4.69) is 41.4 Å². The van der Waals surface area contributed by atoms with Crippen molar-refractivity contribution in [3.63, 3.8) is 0 Å². The molecular formula is C23H24N2O2. The Hall–Kier alpha value is -2.59. The third-order valence-electron chi connectivity index (χ3n) is 6.17. The maximum atomic E-state index is 12.9. The first kappa shape index (κ1) is 16.6. The molecule has 2 fully saturated rings. The lowest BCUT2D eigenvalue weighted by molar-refractivity contribution is -0.130. The molecule has 4 heteroatoms. The maximum Gasteiger partial charge on any atom is 0.227 e. The van der Waals surface area contributed by atoms with Gasteiger partial charge >= 0.3 is 0 Å². The summed E-state index contributed by atoms with van der Waals surface area (Å²) in [5.74, 6) is 0.637. The van der Waals surface area contributed by atoms with Crippen LogP contribution in [0.2, 0.25) is 0 Å². The van der Waals surface area contributed by atoms with Crippen molar-refractivity contribution in [2.45, 2.75) is 30.8 Å². The highest BCUT2D eigenvalue weighted by molar-refractivity contribution is 5.89. The fourth-order valence-electron chi connectivity index (χ4n) is 4.68. The van der Waals surface area contributed by atoms with E-state index in [1.807, 2.05) is 29.3 Å². The van der Waals surface area contributed by atoms with Gasteiger partial charge in [0.2, 0.25) is 5.91 Å². The molecule has 0 saturated carbocycles. The molecule has 2 aromatic carbocycles. The molecule has 1 amide bonds. The second-order valence-corrected chi connectivity index (χ2v) is 7.91. The summed E-state index contributed by atoms with van der Waals surface area (Å²) in [4.78, 5) is 18.2. The zero-order valence-corrected chi connectivity index (χ0v) is 15.4. The number of aromatic amines is 1. The summed E-state index contributed by atoms with van der Waals surface area (Å²) in [5.41, 5.74) is 3.35. The van der Waals surface area contributed by atoms with E-state index in [1.54, 1.807) is 0 Å². The van der Waals surface area contributed by atoms with Gasteiger partial charge in [0.15, 0.2) is 0 Å². The molecule has 2 aliphatic rings. The Morgan fingerprint density at radius 2 is 1.96 bits per heavy atom. The quantitative estimate of drug-likeness (QED) is 0.770. The Morgan fingerprint density at radius 3 is 2.85 bits per heavy atom. The molecule has 0 radical (unpaired) electrons. The normalized spacial score (nSPS) is 24.9. The van der Waals surface area contributed by atoms with Crippen molar-refractivity contribution in [3.8, 4) is 0 Å². The number of carbonyl (C=O) groups is 1. The number of amides is 1. The van der Waals surface area contributed by atoms with E-state index in [0.29, 0.717) is 12.3 Å². The molecular weight excluding hydrogens is 336 g/mol. The fourth-order valence-corrected chi connectivity index (χ4v) is 4.68. The lowest BCUT2D eigenvalue weighted by Gasteiger charge is -2.23. The van der Waals surface area contributed by atoms with Crippen LogP contribution in [0.1, 0.15) is 29.9 Å². The summed E-state index contributed by atoms with van der Waals surface area (Å²) in [7, 11) is 0. The van der Waals surface area contributed by atoms with Crippen molar-refractivity contribution in [1.29, 1.82) is 0 Å². The van der Waals surface area contributed by atoms with Crippen molar-refractivity contribution in [3.05, 3.63) is 71.9 Å². The van der Waals surface area contributed by atoms with Crippen molar-refractivity contribution in [2.24, 2.45) is 0 Å². The number of H-pyrrole nitrogens is 1. The Morgan fingerprint density at radius 1 is 1.15 bits per heavy atom. The second kappa shape index (κ2) is 6.54. The molecule has 1 N–H and O–H groups in total. The van der Waals surface area contributed by atoms with E-state index in [0.717, 1.165) is 49.0 Å². The molecule has 3 heterocycles. The Kier molecular flexibility index (Phi) is 4.01. The minimum absolute atomic E-state index is 0.156. The average molecular weight is 360 g/mol. The molecule has 2 atom stereocenters. The smallest absolute Gasteiger partial charge is 0.227 e. The van der Waals surface area contributed by atoms with Crippen LogP contribution in [-0.4, -0.2) is 41.1 Å². The largest absolute Gasteiger partial charge is 0.372 e. The van der Waals surface area contributed by atoms with E-state index in [9.17, 15) is 4.79 Å². The highest BCUT2D eigenvalue weighted by Crippen LogP contribution is 2.42. The van der Waals surface area contributed by atoms with Crippen molar-refractivity contribution >= 4 is 16.8 Å². The van der Waals surface area contributed by atoms with Crippen molar-refractivity contribution < 1.29 is 9.53 Å². The number of rotatable bonds is 3. The van der Waals surface area contributed by atoms with Crippen LogP contribution < -0.4 is 0 Å². The van der Waals surface area contributed by atoms with Gasteiger partial charge in [-0.15, -0.1) is 0 Å². The molecule has 0 bridgehead atoms. The minimum Gasteiger partial charge on any atom is -0.372 e. The number of hydrogen-bond donors (Lipinski definition) is 1. The van der Waals surface area contributed by atoms with Gasteiger partial charge in [-0.05, 0) is 30.0 Å². The van der Waals surface area contributed by atoms with Crippen LogP contribution in [0, 0.1) is 0 Å². The number of aromatic nitrogens is 1. The van der Waals surface area contributed by atoms with Gasteiger partial charge in [0.25, 0.3) is 0 Å². The number of para-hydroxylation sites is 1. The van der Waals surface area contributed by atoms with Gasteiger partial charge in [0, 0.05) is 36.1 Å². The zero-order valence-electron chi connectivity index (χ0n) is 15.4. The van der Waals surface area contributed by atoms with Crippen LogP contribution >= 0.6 is 0 Å². The van der Waals surface area contributed by atoms with Gasteiger partial charge in [-0.25, -0.2) is 0 Å². The molecule has 2 saturated heterocycles. The lowest BCUT2D eigenvalue weighted by Crippen LogP contribution is -2.36. The molecule has 3 aromatic rings. The summed E-state index contributed by atoms with van der Waals surface area (Å²) in [6.45, 7) is 2.27. The number of nitrogens with zero attached hydrogens (tertiary/aromatic N) is 1. The number of hydrogen-bond acceptors (Lipinski definition) is 2. The molecule has 5 rings (SSSR count). The van der Waals surface area contributed by atoms with Crippen LogP contribution in [-0.2, 0) is 16.0 Å². The summed E-state index contributed by atoms with van der Waals surface area (Å²) < 4.78 is 6.25. The van der Waals surface area contributed by atoms with Gasteiger partial charge in [-0.3, -0.25) is 4.79 Å². The van der Waals surface area contributed by atoms with Crippen molar-refractivity contribution in [2.75, 3.05) is 19.7 Å². The molecule has 2 aliphatic heterocycles. The van der Waals surface area contributed by atoms with Gasteiger partial charge < -0.3 is 14.6 Å². The fraction of sp³-hybridized carbons (Fsp3) is 0.348. The van der Waals surface area contributed by atoms with Gasteiger partial charge in [-0.2, -0.15) is 0 Å². The third-order valence-corrected chi connectivity index (χ3v) is 6.17. The number of carbonyl (C=O) groups excluding carboxylic acids is 1. The van der Waals surface area contributed by atoms with Crippen molar-refractivity contribution in [1.82, 2.24) is 9.88 Å². The van der Waals surface area contributed by atoms with Gasteiger partial charge in [0.1, 0.15) is 0 Å². The standard InChI is InChI=1S/C23H24N2O2/c26-22(12-18-14-24-21-9-5-4-8-20(18)21)25-11-10-23(16-25)13-19(15-27-23)17-6-2-1-3-7-17/h1-9,14,19,24H,10-13,15-16H2. The van der Waals surface area contributed by atoms with E-state index in [1.165, 1.54) is 5.56 Å². The summed E-state index contributed by atoms with van der Waals surface area (Å²) in [5, 5.41) is 1.14. The molecule has 1 spiro atoms. The zero-order chi connectivity index (χ0) is 18.3. The van der Waals surface area contributed by atoms with E-state index in [-0.39, 0.29) is 11.5 Å². The number of fused-ring (bicyclic) bond motifs is 1. The first-order valence-electron chi connectivity index (χ1n) is 9.74. The van der Waals surface area contributed by atoms with E-state index >= 15 is 0 Å². The number of nitrogens with one attached hydrogen (secondary N) is 1. The number of likely N-dealkylation sites (tertiary alicyclic amines) is 1. The molecule has 138 valence electrons. The average Bonchev–Trinajstić information content (AvgIpc) is 3.43. The molecule has 2 unspecified atom stereocenters. The first-order chi connectivity index (χ1) is 13.2. The number of ether oxygens (including phenoxy) is 1. The number of benzene rings is 2. The highest BCUT2D eigenvalue weighted by atomic mass is 16.5. The highest BCUT2D eigenvalue weighted by Gasteiger charge is 2.46. The van der Waals surface area contributed by atoms with Crippen LogP contribution in [0.15, 0.2) is 60.8 Å². The predicted molar refractivity (Wildman–Crippen MR) is 106 cm³/mol. The van der Waals surface area contributed by atoms with Gasteiger partial charge in [0.05, 0.1) is 18.6 Å². The second-order valence-electron chi connectivity index (χ2n) is 7.91. The Bertz CT molecular complexity index is 965. The van der Waals surface area contributed by atoms with E-state index in [4.69, 9.17) is 4.74 Å². The summed E-state index contributed by atoms with van der Waals surface area (Å²) in [6, 6.07) is 18.7. The van der Waals surface area contributed by atoms with Crippen LogP contribution in [0.25, 0.3) is 10.9 Å². The van der Waals surface area contributed by atoms with Crippen LogP contribution in [0.4, 0.5) is 0 Å². The van der Waals surface area contributed by atoms with Crippen LogP contribution in [0.5, 0.6) is 0 Å².